The molecule has 6 N–H and O–H groups in total. The van der Waals surface area contributed by atoms with Crippen molar-refractivity contribution < 1.29 is 56.4 Å². The van der Waals surface area contributed by atoms with Gasteiger partial charge >= 0.3 is 19.4 Å². The van der Waals surface area contributed by atoms with Gasteiger partial charge in [0, 0.05) is 35.3 Å². The summed E-state index contributed by atoms with van der Waals surface area (Å²) in [6, 6.07) is 22.8. The summed E-state index contributed by atoms with van der Waals surface area (Å²) in [4.78, 5) is 85.8. The van der Waals surface area contributed by atoms with Crippen LogP contribution in [0.3, 0.4) is 0 Å². The molecule has 0 spiro atoms. The number of ether oxygens (including phenoxy) is 1. The normalized spacial score (nSPS) is 18.4. The Morgan fingerprint density at radius 1 is 0.817 bits per heavy atom. The number of carbonyl (C=O) groups is 6. The number of nitrogens with one attached hydrogen (secondary N) is 5. The van der Waals surface area contributed by atoms with Crippen LogP contribution in [0, 0.1) is 0 Å². The average molecular weight is 981 g/mol. The maximum atomic E-state index is 14.2. The number of aryl methyl sites for hydroxylation is 1. The van der Waals surface area contributed by atoms with E-state index in [1.54, 1.807) is 107 Å². The lowest BCUT2D eigenvalue weighted by molar-refractivity contribution is -0.137. The zero-order valence-corrected chi connectivity index (χ0v) is 40.3. The molecule has 4 amide bonds. The highest BCUT2D eigenvalue weighted by molar-refractivity contribution is 6.62. The molecule has 6 rings (SSSR count). The van der Waals surface area contributed by atoms with Crippen LogP contribution in [0.25, 0.3) is 0 Å². The SMILES string of the molecule is CC(C)(C)OC(=O)N[C@@H](CCC(=O)N[C@H]1C[C@@H](N=CC(=O)c2ccccc2)C[C@@H](NCC(=O)c2ccccc2)C1)C(=O)N[C@H](CCc1ccc(C(F)(F)F)cc1)C(=O)Nc1ccc2c(c1)B(O)OC2(C)C. The van der Waals surface area contributed by atoms with Crippen LogP contribution in [0.15, 0.2) is 108 Å². The molecule has 15 nitrogen and oxygen atoms in total. The Kier molecular flexibility index (Phi) is 17.7. The molecule has 19 heteroatoms. The molecule has 1 fully saturated rings. The predicted octanol–water partition coefficient (Wildman–Crippen LogP) is 6.22. The molecule has 0 unspecified atom stereocenters. The lowest BCUT2D eigenvalue weighted by atomic mass is 9.78. The highest BCUT2D eigenvalue weighted by atomic mass is 19.4. The largest absolute Gasteiger partial charge is 0.492 e. The van der Waals surface area contributed by atoms with Crippen molar-refractivity contribution in [3.05, 3.63) is 131 Å². The van der Waals surface area contributed by atoms with E-state index < -0.39 is 78.0 Å². The van der Waals surface area contributed by atoms with Crippen molar-refractivity contribution >= 4 is 59.9 Å². The lowest BCUT2D eigenvalue weighted by Crippen LogP contribution is -2.54. The quantitative estimate of drug-likeness (QED) is 0.0355. The summed E-state index contributed by atoms with van der Waals surface area (Å²) in [5, 5.41) is 24.9. The van der Waals surface area contributed by atoms with Gasteiger partial charge in [-0.3, -0.25) is 29.0 Å². The fourth-order valence-electron chi connectivity index (χ4n) is 8.54. The standard InChI is InChI=1S/C52H60BF3N6O9/c1-50(2,3)70-49(68)62-43(24-25-46(65)59-39-27-37(57-30-44(63)33-12-8-6-9-13-33)26-38(28-39)58-31-45(64)34-14-10-7-11-15-34)48(67)61-42(23-18-32-16-19-35(20-17-32)52(54,55)56)47(66)60-36-21-22-40-41(29-36)53(69)71-51(40,4)5/h6-17,19-22,29-30,37-39,42-43,58,69H,18,23-28,31H2,1-5H3,(H,59,65)(H,60,66)(H,61,67)(H,62,68)/t37-,38+,39-,42+,43-/m0/s1. The number of rotatable bonds is 19. The fourth-order valence-corrected chi connectivity index (χ4v) is 8.54. The Morgan fingerprint density at radius 3 is 2.10 bits per heavy atom. The van der Waals surface area contributed by atoms with Gasteiger partial charge in [0.1, 0.15) is 17.7 Å². The zero-order valence-electron chi connectivity index (χ0n) is 40.3. The van der Waals surface area contributed by atoms with Gasteiger partial charge in [-0.15, -0.1) is 0 Å². The Morgan fingerprint density at radius 2 is 1.45 bits per heavy atom. The maximum Gasteiger partial charge on any atom is 0.492 e. The number of nitrogens with zero attached hydrogens (tertiary/aromatic N) is 1. The molecule has 71 heavy (non-hydrogen) atoms. The van der Waals surface area contributed by atoms with Gasteiger partial charge in [0.05, 0.1) is 30.0 Å². The van der Waals surface area contributed by atoms with Gasteiger partial charge in [0.15, 0.2) is 5.78 Å². The molecule has 0 radical (unpaired) electrons. The summed E-state index contributed by atoms with van der Waals surface area (Å²) in [6.07, 6.45) is -3.60. The molecule has 5 atom stereocenters. The molecular weight excluding hydrogens is 920 g/mol. The van der Waals surface area contributed by atoms with Gasteiger partial charge in [-0.2, -0.15) is 13.2 Å². The van der Waals surface area contributed by atoms with E-state index in [-0.39, 0.29) is 55.5 Å². The molecule has 4 aromatic rings. The first-order valence-electron chi connectivity index (χ1n) is 23.5. The Hall–Kier alpha value is -6.70. The molecule has 4 aromatic carbocycles. The van der Waals surface area contributed by atoms with Crippen molar-refractivity contribution in [1.29, 1.82) is 0 Å². The van der Waals surface area contributed by atoms with Gasteiger partial charge in [-0.25, -0.2) is 4.79 Å². The molecule has 0 saturated heterocycles. The number of hydrogen-bond donors (Lipinski definition) is 6. The van der Waals surface area contributed by atoms with Crippen LogP contribution in [0.1, 0.15) is 111 Å². The van der Waals surface area contributed by atoms with Gasteiger partial charge < -0.3 is 41.0 Å². The highest BCUT2D eigenvalue weighted by Gasteiger charge is 2.41. The number of alkyl carbamates (subject to hydrolysis) is 1. The van der Waals surface area contributed by atoms with Gasteiger partial charge in [-0.05, 0) is 114 Å². The number of amides is 4. The minimum Gasteiger partial charge on any atom is -0.444 e. The number of aliphatic imine (C=N–C) groups is 1. The zero-order chi connectivity index (χ0) is 51.5. The van der Waals surface area contributed by atoms with Crippen molar-refractivity contribution in [3.63, 3.8) is 0 Å². The van der Waals surface area contributed by atoms with Crippen molar-refractivity contribution in [2.45, 2.75) is 127 Å². The topological polar surface area (TPSA) is 214 Å². The summed E-state index contributed by atoms with van der Waals surface area (Å²) >= 11 is 0. The summed E-state index contributed by atoms with van der Waals surface area (Å²) in [5.74, 6) is -2.45. The molecule has 376 valence electrons. The van der Waals surface area contributed by atoms with E-state index in [4.69, 9.17) is 9.39 Å². The Balaban J connectivity index is 1.17. The number of anilines is 1. The number of ketones is 2. The van der Waals surface area contributed by atoms with Crippen molar-refractivity contribution in [2.75, 3.05) is 11.9 Å². The van der Waals surface area contributed by atoms with Crippen LogP contribution in [0.2, 0.25) is 0 Å². The predicted molar refractivity (Wildman–Crippen MR) is 262 cm³/mol. The molecule has 2 aliphatic rings. The first kappa shape index (κ1) is 53.7. The third-order valence-electron chi connectivity index (χ3n) is 12.1. The second-order valence-electron chi connectivity index (χ2n) is 19.3. The Bertz CT molecular complexity index is 2560. The summed E-state index contributed by atoms with van der Waals surface area (Å²) < 4.78 is 51.1. The van der Waals surface area contributed by atoms with Crippen molar-refractivity contribution in [2.24, 2.45) is 4.99 Å². The van der Waals surface area contributed by atoms with E-state index in [2.05, 4.69) is 31.6 Å². The van der Waals surface area contributed by atoms with E-state index in [0.717, 1.165) is 12.1 Å². The second kappa shape index (κ2) is 23.5. The fraction of sp³-hybridized carbons (Fsp3) is 0.404. The third-order valence-corrected chi connectivity index (χ3v) is 12.1. The number of halogens is 3. The third kappa shape index (κ3) is 15.9. The van der Waals surface area contributed by atoms with Crippen LogP contribution in [-0.2, 0) is 42.0 Å². The van der Waals surface area contributed by atoms with E-state index in [9.17, 15) is 47.0 Å². The molecule has 0 aromatic heterocycles. The summed E-state index contributed by atoms with van der Waals surface area (Å²) in [5.41, 5.74) is 0.214. The minimum atomic E-state index is -4.56. The van der Waals surface area contributed by atoms with Crippen LogP contribution in [0.4, 0.5) is 23.7 Å². The Labute approximate surface area is 411 Å². The number of fused-ring (bicyclic) bond motifs is 1. The van der Waals surface area contributed by atoms with Gasteiger partial charge in [0.25, 0.3) is 0 Å². The summed E-state index contributed by atoms with van der Waals surface area (Å²) in [6.45, 7) is 8.46. The molecule has 1 saturated carbocycles. The lowest BCUT2D eigenvalue weighted by Gasteiger charge is -2.34. The molecule has 1 aliphatic heterocycles. The smallest absolute Gasteiger partial charge is 0.444 e. The van der Waals surface area contributed by atoms with Gasteiger partial charge in [-0.1, -0.05) is 78.9 Å². The number of carbonyl (C=O) groups excluding carboxylic acids is 6. The van der Waals surface area contributed by atoms with Crippen molar-refractivity contribution in [3.8, 4) is 0 Å². The van der Waals surface area contributed by atoms with Crippen molar-refractivity contribution in [1.82, 2.24) is 21.3 Å². The van der Waals surface area contributed by atoms with E-state index >= 15 is 0 Å². The van der Waals surface area contributed by atoms with E-state index in [1.807, 2.05) is 6.07 Å². The molecule has 0 bridgehead atoms. The van der Waals surface area contributed by atoms with Crippen LogP contribution < -0.4 is 32.0 Å². The summed E-state index contributed by atoms with van der Waals surface area (Å²) in [7, 11) is -1.26. The monoisotopic (exact) mass is 980 g/mol. The van der Waals surface area contributed by atoms with Crippen LogP contribution >= 0.6 is 0 Å². The van der Waals surface area contributed by atoms with Gasteiger partial charge in [0.2, 0.25) is 23.5 Å². The maximum absolute atomic E-state index is 14.2. The number of hydrogen-bond acceptors (Lipinski definition) is 11. The first-order chi connectivity index (χ1) is 33.5. The molecule has 1 aliphatic carbocycles. The van der Waals surface area contributed by atoms with Crippen LogP contribution in [-0.4, -0.2) is 96.1 Å². The number of benzene rings is 4. The minimum absolute atomic E-state index is 0.0228. The molecule has 1 heterocycles. The second-order valence-corrected chi connectivity index (χ2v) is 19.3. The van der Waals surface area contributed by atoms with E-state index in [0.29, 0.717) is 47.0 Å². The average Bonchev–Trinajstić information content (AvgIpc) is 3.55. The number of Topliss-reactive ketones (excluding diaryl/α,β-unsaturated/α-hetero) is 2. The van der Waals surface area contributed by atoms with Crippen LogP contribution in [0.5, 0.6) is 0 Å². The first-order valence-corrected chi connectivity index (χ1v) is 23.5. The number of alkyl halides is 3. The molecular formula is C52H60BF3N6O9. The highest BCUT2D eigenvalue weighted by Crippen LogP contribution is 2.32. The van der Waals surface area contributed by atoms with E-state index in [1.165, 1.54) is 18.3 Å².